The molecule has 0 spiro atoms. The molecule has 3 nitrogen and oxygen atoms in total. The first-order chi connectivity index (χ1) is 12.9. The summed E-state index contributed by atoms with van der Waals surface area (Å²) in [5, 5.41) is 1.56. The Morgan fingerprint density at radius 1 is 0.926 bits per heavy atom. The average Bonchev–Trinajstić information content (AvgIpc) is 3.09. The highest BCUT2D eigenvalue weighted by atomic mass is 35.5. The van der Waals surface area contributed by atoms with Crippen molar-refractivity contribution in [3.8, 4) is 5.75 Å². The van der Waals surface area contributed by atoms with Crippen LogP contribution in [0.5, 0.6) is 5.75 Å². The van der Waals surface area contributed by atoms with E-state index in [1.54, 1.807) is 48.5 Å². The van der Waals surface area contributed by atoms with Gasteiger partial charge in [-0.2, -0.15) is 0 Å². The van der Waals surface area contributed by atoms with Crippen molar-refractivity contribution in [1.29, 1.82) is 0 Å². The summed E-state index contributed by atoms with van der Waals surface area (Å²) in [6.07, 6.45) is 2.96. The zero-order chi connectivity index (χ0) is 19.4. The van der Waals surface area contributed by atoms with Crippen LogP contribution in [0.1, 0.15) is 21.9 Å². The maximum absolute atomic E-state index is 12.2. The molecule has 0 aliphatic heterocycles. The molecule has 7 heteroatoms. The van der Waals surface area contributed by atoms with Crippen LogP contribution in [0.2, 0.25) is 20.1 Å². The molecule has 0 bridgehead atoms. The number of ether oxygens (including phenoxy) is 1. The molecule has 0 radical (unpaired) electrons. The van der Waals surface area contributed by atoms with Gasteiger partial charge in [0.05, 0.1) is 20.1 Å². The highest BCUT2D eigenvalue weighted by molar-refractivity contribution is 6.42. The van der Waals surface area contributed by atoms with Crippen molar-refractivity contribution in [2.75, 3.05) is 0 Å². The van der Waals surface area contributed by atoms with Crippen LogP contribution >= 0.6 is 46.4 Å². The van der Waals surface area contributed by atoms with Crippen molar-refractivity contribution < 1.29 is 13.9 Å². The summed E-state index contributed by atoms with van der Waals surface area (Å²) >= 11 is 23.9. The molecule has 0 fully saturated rings. The molecule has 27 heavy (non-hydrogen) atoms. The number of benzene rings is 2. The predicted octanol–water partition coefficient (Wildman–Crippen LogP) is 7.37. The first kappa shape index (κ1) is 19.8. The molecule has 0 aliphatic carbocycles. The van der Waals surface area contributed by atoms with Gasteiger partial charge in [-0.05, 0) is 54.6 Å². The topological polar surface area (TPSA) is 39.4 Å². The van der Waals surface area contributed by atoms with Gasteiger partial charge in [-0.1, -0.05) is 52.5 Å². The fourth-order valence-electron chi connectivity index (χ4n) is 2.23. The Morgan fingerprint density at radius 3 is 2.37 bits per heavy atom. The van der Waals surface area contributed by atoms with Crippen LogP contribution in [0, 0.1) is 0 Å². The predicted molar refractivity (Wildman–Crippen MR) is 109 cm³/mol. The number of ketones is 1. The summed E-state index contributed by atoms with van der Waals surface area (Å²) in [6.45, 7) is 0.151. The number of para-hydroxylation sites is 1. The molecule has 2 aromatic carbocycles. The van der Waals surface area contributed by atoms with Gasteiger partial charge in [-0.25, -0.2) is 0 Å². The molecule has 0 saturated heterocycles. The number of carbonyl (C=O) groups excluding carboxylic acids is 1. The average molecular weight is 442 g/mol. The molecule has 1 aromatic heterocycles. The van der Waals surface area contributed by atoms with Crippen LogP contribution in [0.15, 0.2) is 59.0 Å². The maximum Gasteiger partial charge on any atom is 0.186 e. The third-order valence-corrected chi connectivity index (χ3v) is 4.90. The fraction of sp³-hybridized carbons (Fsp3) is 0.0500. The minimum atomic E-state index is -0.217. The van der Waals surface area contributed by atoms with Gasteiger partial charge in [-0.3, -0.25) is 4.79 Å². The third-order valence-electron chi connectivity index (χ3n) is 3.56. The van der Waals surface area contributed by atoms with E-state index in [-0.39, 0.29) is 12.4 Å². The minimum absolute atomic E-state index is 0.151. The van der Waals surface area contributed by atoms with Crippen molar-refractivity contribution in [3.63, 3.8) is 0 Å². The Balaban J connectivity index is 1.64. The lowest BCUT2D eigenvalue weighted by Gasteiger charge is -2.07. The molecular weight excluding hydrogens is 430 g/mol. The van der Waals surface area contributed by atoms with Gasteiger partial charge in [-0.15, -0.1) is 0 Å². The Labute approximate surface area is 176 Å². The third kappa shape index (κ3) is 5.08. The van der Waals surface area contributed by atoms with Crippen LogP contribution in [-0.4, -0.2) is 5.78 Å². The molecule has 0 atom stereocenters. The lowest BCUT2D eigenvalue weighted by atomic mass is 10.1. The van der Waals surface area contributed by atoms with Gasteiger partial charge in [0.15, 0.2) is 11.5 Å². The van der Waals surface area contributed by atoms with E-state index in [1.165, 1.54) is 12.1 Å². The van der Waals surface area contributed by atoms with E-state index in [9.17, 15) is 4.79 Å². The molecule has 3 rings (SSSR count). The van der Waals surface area contributed by atoms with E-state index in [4.69, 9.17) is 55.6 Å². The van der Waals surface area contributed by atoms with Gasteiger partial charge in [0.1, 0.15) is 18.1 Å². The van der Waals surface area contributed by atoms with E-state index in [2.05, 4.69) is 0 Å². The van der Waals surface area contributed by atoms with Crippen molar-refractivity contribution in [1.82, 2.24) is 0 Å². The van der Waals surface area contributed by atoms with Crippen LogP contribution in [0.4, 0.5) is 0 Å². The molecule has 0 saturated carbocycles. The first-order valence-corrected chi connectivity index (χ1v) is 9.28. The van der Waals surface area contributed by atoms with Crippen LogP contribution in [0.3, 0.4) is 0 Å². The molecule has 0 N–H and O–H groups in total. The normalized spacial score (nSPS) is 11.1. The molecular formula is C20H12Cl4O3. The second kappa shape index (κ2) is 8.85. The SMILES string of the molecule is O=C(/C=C/c1ccc(COc2c(Cl)cccc2Cl)o1)c1ccc(Cl)c(Cl)c1. The maximum atomic E-state index is 12.2. The lowest BCUT2D eigenvalue weighted by molar-refractivity contribution is 0.104. The van der Waals surface area contributed by atoms with Gasteiger partial charge < -0.3 is 9.15 Å². The molecule has 138 valence electrons. The standard InChI is InChI=1S/C20H12Cl4O3/c21-15-8-4-12(10-18(15)24)19(25)9-7-13-5-6-14(27-13)11-26-20-16(22)2-1-3-17(20)23/h1-10H,11H2/b9-7+. The zero-order valence-electron chi connectivity index (χ0n) is 13.7. The number of halogens is 4. The smallest absolute Gasteiger partial charge is 0.186 e. The van der Waals surface area contributed by atoms with Crippen molar-refractivity contribution in [2.45, 2.75) is 6.61 Å². The Kier molecular flexibility index (Phi) is 6.51. The summed E-state index contributed by atoms with van der Waals surface area (Å²) in [7, 11) is 0. The van der Waals surface area contributed by atoms with Gasteiger partial charge in [0, 0.05) is 5.56 Å². The Bertz CT molecular complexity index is 988. The van der Waals surface area contributed by atoms with Gasteiger partial charge in [0.25, 0.3) is 0 Å². The fourth-order valence-corrected chi connectivity index (χ4v) is 3.03. The van der Waals surface area contributed by atoms with Gasteiger partial charge >= 0.3 is 0 Å². The van der Waals surface area contributed by atoms with E-state index in [0.717, 1.165) is 0 Å². The number of allylic oxidation sites excluding steroid dienone is 1. The largest absolute Gasteiger partial charge is 0.483 e. The second-order valence-electron chi connectivity index (χ2n) is 5.47. The minimum Gasteiger partial charge on any atom is -0.483 e. The molecule has 0 unspecified atom stereocenters. The molecule has 0 amide bonds. The summed E-state index contributed by atoms with van der Waals surface area (Å²) in [5.74, 6) is 1.25. The van der Waals surface area contributed by atoms with Crippen LogP contribution in [-0.2, 0) is 6.61 Å². The number of hydrogen-bond acceptors (Lipinski definition) is 3. The monoisotopic (exact) mass is 440 g/mol. The van der Waals surface area contributed by atoms with Crippen molar-refractivity contribution in [3.05, 3.63) is 91.8 Å². The molecule has 3 aromatic rings. The number of hydrogen-bond donors (Lipinski definition) is 0. The summed E-state index contributed by atoms with van der Waals surface area (Å²) in [4.78, 5) is 12.2. The summed E-state index contributed by atoms with van der Waals surface area (Å²) < 4.78 is 11.2. The second-order valence-corrected chi connectivity index (χ2v) is 7.10. The van der Waals surface area contributed by atoms with Crippen molar-refractivity contribution >= 4 is 58.3 Å². The Hall–Kier alpha value is -1.91. The van der Waals surface area contributed by atoms with E-state index >= 15 is 0 Å². The quantitative estimate of drug-likeness (QED) is 0.296. The van der Waals surface area contributed by atoms with Crippen LogP contribution < -0.4 is 4.74 Å². The van der Waals surface area contributed by atoms with E-state index in [1.807, 2.05) is 0 Å². The molecule has 0 aliphatic rings. The Morgan fingerprint density at radius 2 is 1.67 bits per heavy atom. The number of carbonyl (C=O) groups is 1. The first-order valence-electron chi connectivity index (χ1n) is 7.77. The number of furan rings is 1. The zero-order valence-corrected chi connectivity index (χ0v) is 16.7. The van der Waals surface area contributed by atoms with Crippen LogP contribution in [0.25, 0.3) is 6.08 Å². The highest BCUT2D eigenvalue weighted by Crippen LogP contribution is 2.33. The van der Waals surface area contributed by atoms with Gasteiger partial charge in [0.2, 0.25) is 0 Å². The van der Waals surface area contributed by atoms with E-state index < -0.39 is 0 Å². The summed E-state index contributed by atoms with van der Waals surface area (Å²) in [6, 6.07) is 13.3. The highest BCUT2D eigenvalue weighted by Gasteiger charge is 2.09. The summed E-state index contributed by atoms with van der Waals surface area (Å²) in [5.41, 5.74) is 0.434. The lowest BCUT2D eigenvalue weighted by Crippen LogP contribution is -1.95. The van der Waals surface area contributed by atoms with E-state index in [0.29, 0.717) is 42.9 Å². The molecule has 1 heterocycles. The van der Waals surface area contributed by atoms with Crippen molar-refractivity contribution in [2.24, 2.45) is 0 Å². The number of rotatable bonds is 6.